The molecule has 2 N–H and O–H groups in total. The van der Waals surface area contributed by atoms with Crippen molar-refractivity contribution in [1.29, 1.82) is 0 Å². The Morgan fingerprint density at radius 2 is 2.29 bits per heavy atom. The molecule has 1 aliphatic carbocycles. The van der Waals surface area contributed by atoms with E-state index < -0.39 is 0 Å². The van der Waals surface area contributed by atoms with Crippen molar-refractivity contribution in [2.24, 2.45) is 0 Å². The van der Waals surface area contributed by atoms with E-state index in [1.807, 2.05) is 0 Å². The van der Waals surface area contributed by atoms with Crippen LogP contribution in [-0.2, 0) is 4.79 Å². The van der Waals surface area contributed by atoms with Gasteiger partial charge in [0.15, 0.2) is 0 Å². The SMILES string of the molecule is Cc1nc(Cl)cc(NCCC(=O)NC2CC2)n1. The van der Waals surface area contributed by atoms with Gasteiger partial charge in [-0.3, -0.25) is 4.79 Å². The predicted octanol–water partition coefficient (Wildman–Crippen LogP) is 1.52. The van der Waals surface area contributed by atoms with Gasteiger partial charge >= 0.3 is 0 Å². The average molecular weight is 255 g/mol. The summed E-state index contributed by atoms with van der Waals surface area (Å²) >= 11 is 5.80. The Balaban J connectivity index is 1.74. The van der Waals surface area contributed by atoms with Crippen molar-refractivity contribution in [3.05, 3.63) is 17.0 Å². The number of nitrogens with one attached hydrogen (secondary N) is 2. The van der Waals surface area contributed by atoms with E-state index >= 15 is 0 Å². The monoisotopic (exact) mass is 254 g/mol. The lowest BCUT2D eigenvalue weighted by molar-refractivity contribution is -0.120. The zero-order valence-electron chi connectivity index (χ0n) is 9.66. The molecule has 5 nitrogen and oxygen atoms in total. The molecule has 0 atom stereocenters. The molecule has 2 rings (SSSR count). The molecule has 1 amide bonds. The van der Waals surface area contributed by atoms with Gasteiger partial charge in [0, 0.05) is 25.1 Å². The van der Waals surface area contributed by atoms with E-state index in [-0.39, 0.29) is 5.91 Å². The third kappa shape index (κ3) is 4.19. The van der Waals surface area contributed by atoms with Gasteiger partial charge in [0.1, 0.15) is 16.8 Å². The van der Waals surface area contributed by atoms with Gasteiger partial charge < -0.3 is 10.6 Å². The van der Waals surface area contributed by atoms with E-state index in [9.17, 15) is 4.79 Å². The van der Waals surface area contributed by atoms with Crippen LogP contribution >= 0.6 is 11.6 Å². The zero-order valence-corrected chi connectivity index (χ0v) is 10.4. The van der Waals surface area contributed by atoms with Gasteiger partial charge in [0.05, 0.1) is 0 Å². The molecule has 1 fully saturated rings. The van der Waals surface area contributed by atoms with Gasteiger partial charge in [-0.15, -0.1) is 0 Å². The number of aryl methyl sites for hydroxylation is 1. The number of rotatable bonds is 5. The van der Waals surface area contributed by atoms with Crippen molar-refractivity contribution in [3.63, 3.8) is 0 Å². The van der Waals surface area contributed by atoms with Gasteiger partial charge in [-0.2, -0.15) is 0 Å². The molecule has 1 saturated carbocycles. The standard InChI is InChI=1S/C11H15ClN4O/c1-7-14-9(12)6-10(15-7)13-5-4-11(17)16-8-2-3-8/h6,8H,2-5H2,1H3,(H,16,17)(H,13,14,15). The second-order valence-corrected chi connectivity index (χ2v) is 4.53. The fraction of sp³-hybridized carbons (Fsp3) is 0.545. The second kappa shape index (κ2) is 5.31. The van der Waals surface area contributed by atoms with Gasteiger partial charge in [0.25, 0.3) is 0 Å². The smallest absolute Gasteiger partial charge is 0.221 e. The van der Waals surface area contributed by atoms with E-state index in [4.69, 9.17) is 11.6 Å². The minimum atomic E-state index is 0.0804. The Morgan fingerprint density at radius 1 is 1.53 bits per heavy atom. The summed E-state index contributed by atoms with van der Waals surface area (Å²) in [5.41, 5.74) is 0. The minimum absolute atomic E-state index is 0.0804. The van der Waals surface area contributed by atoms with Crippen molar-refractivity contribution in [2.75, 3.05) is 11.9 Å². The third-order valence-electron chi connectivity index (χ3n) is 2.41. The molecule has 6 heteroatoms. The van der Waals surface area contributed by atoms with Crippen molar-refractivity contribution in [2.45, 2.75) is 32.2 Å². The first kappa shape index (κ1) is 12.1. The van der Waals surface area contributed by atoms with E-state index in [2.05, 4.69) is 20.6 Å². The van der Waals surface area contributed by atoms with Crippen LogP contribution in [0.1, 0.15) is 25.1 Å². The maximum Gasteiger partial charge on any atom is 0.221 e. The molecule has 0 radical (unpaired) electrons. The molecule has 0 saturated heterocycles. The van der Waals surface area contributed by atoms with Crippen LogP contribution in [0.3, 0.4) is 0 Å². The summed E-state index contributed by atoms with van der Waals surface area (Å²) in [5.74, 6) is 1.35. The molecule has 17 heavy (non-hydrogen) atoms. The number of anilines is 1. The third-order valence-corrected chi connectivity index (χ3v) is 2.60. The van der Waals surface area contributed by atoms with Gasteiger partial charge in [-0.1, -0.05) is 11.6 Å². The number of halogens is 1. The topological polar surface area (TPSA) is 66.9 Å². The predicted molar refractivity (Wildman–Crippen MR) is 66.1 cm³/mol. The van der Waals surface area contributed by atoms with Crippen LogP contribution in [-0.4, -0.2) is 28.5 Å². The summed E-state index contributed by atoms with van der Waals surface area (Å²) in [7, 11) is 0. The molecule has 0 spiro atoms. The first-order chi connectivity index (χ1) is 8.13. The number of hydrogen-bond acceptors (Lipinski definition) is 4. The normalized spacial score (nSPS) is 14.5. The van der Waals surface area contributed by atoms with Crippen LogP contribution in [0.15, 0.2) is 6.07 Å². The molecular weight excluding hydrogens is 240 g/mol. The summed E-state index contributed by atoms with van der Waals surface area (Å²) in [6.07, 6.45) is 2.66. The second-order valence-electron chi connectivity index (χ2n) is 4.14. The maximum absolute atomic E-state index is 11.4. The molecule has 0 aromatic carbocycles. The molecular formula is C11H15ClN4O. The van der Waals surface area contributed by atoms with Crippen LogP contribution < -0.4 is 10.6 Å². The number of nitrogens with zero attached hydrogens (tertiary/aromatic N) is 2. The number of hydrogen-bond donors (Lipinski definition) is 2. The van der Waals surface area contributed by atoms with Crippen molar-refractivity contribution in [3.8, 4) is 0 Å². The van der Waals surface area contributed by atoms with Crippen LogP contribution in [0, 0.1) is 6.92 Å². The molecule has 92 valence electrons. The highest BCUT2D eigenvalue weighted by Crippen LogP contribution is 2.18. The highest BCUT2D eigenvalue weighted by atomic mass is 35.5. The van der Waals surface area contributed by atoms with E-state index in [0.717, 1.165) is 12.8 Å². The maximum atomic E-state index is 11.4. The quantitative estimate of drug-likeness (QED) is 0.782. The summed E-state index contributed by atoms with van der Waals surface area (Å²) < 4.78 is 0. The highest BCUT2D eigenvalue weighted by molar-refractivity contribution is 6.29. The number of aromatic nitrogens is 2. The molecule has 1 aromatic rings. The number of carbonyl (C=O) groups is 1. The van der Waals surface area contributed by atoms with Crippen molar-refractivity contribution >= 4 is 23.3 Å². The van der Waals surface area contributed by atoms with E-state index in [1.165, 1.54) is 0 Å². The summed E-state index contributed by atoms with van der Waals surface area (Å²) in [6.45, 7) is 2.32. The lowest BCUT2D eigenvalue weighted by atomic mass is 10.4. The Labute approximate surface area is 105 Å². The van der Waals surface area contributed by atoms with Gasteiger partial charge in [0.2, 0.25) is 5.91 Å². The van der Waals surface area contributed by atoms with Gasteiger partial charge in [-0.05, 0) is 19.8 Å². The Morgan fingerprint density at radius 3 is 2.94 bits per heavy atom. The summed E-state index contributed by atoms with van der Waals surface area (Å²) in [6, 6.07) is 2.06. The summed E-state index contributed by atoms with van der Waals surface area (Å²) in [5, 5.41) is 6.38. The first-order valence-corrected chi connectivity index (χ1v) is 6.06. The lowest BCUT2D eigenvalue weighted by Gasteiger charge is -2.06. The summed E-state index contributed by atoms with van der Waals surface area (Å²) in [4.78, 5) is 19.5. The van der Waals surface area contributed by atoms with E-state index in [1.54, 1.807) is 13.0 Å². The van der Waals surface area contributed by atoms with Crippen LogP contribution in [0.4, 0.5) is 5.82 Å². The van der Waals surface area contributed by atoms with Crippen molar-refractivity contribution < 1.29 is 4.79 Å². The number of carbonyl (C=O) groups excluding carboxylic acids is 1. The molecule has 1 aromatic heterocycles. The first-order valence-electron chi connectivity index (χ1n) is 5.68. The zero-order chi connectivity index (χ0) is 12.3. The average Bonchev–Trinajstić information content (AvgIpc) is 3.00. The molecule has 0 unspecified atom stereocenters. The number of amides is 1. The minimum Gasteiger partial charge on any atom is -0.369 e. The highest BCUT2D eigenvalue weighted by Gasteiger charge is 2.22. The van der Waals surface area contributed by atoms with Crippen LogP contribution in [0.25, 0.3) is 0 Å². The molecule has 0 aliphatic heterocycles. The molecule has 1 heterocycles. The van der Waals surface area contributed by atoms with Crippen LogP contribution in [0.5, 0.6) is 0 Å². The lowest BCUT2D eigenvalue weighted by Crippen LogP contribution is -2.27. The fourth-order valence-corrected chi connectivity index (χ4v) is 1.68. The Bertz CT molecular complexity index is 400. The Kier molecular flexibility index (Phi) is 3.78. The molecule has 0 bridgehead atoms. The fourth-order valence-electron chi connectivity index (χ4n) is 1.45. The van der Waals surface area contributed by atoms with E-state index in [0.29, 0.717) is 35.8 Å². The largest absolute Gasteiger partial charge is 0.369 e. The van der Waals surface area contributed by atoms with Crippen molar-refractivity contribution in [1.82, 2.24) is 15.3 Å². The molecule has 1 aliphatic rings. The van der Waals surface area contributed by atoms with Crippen LogP contribution in [0.2, 0.25) is 5.15 Å². The Hall–Kier alpha value is -1.36. The van der Waals surface area contributed by atoms with Gasteiger partial charge in [-0.25, -0.2) is 9.97 Å².